The Labute approximate surface area is 96.5 Å². The third kappa shape index (κ3) is 1.65. The summed E-state index contributed by atoms with van der Waals surface area (Å²) in [7, 11) is -7.54. The molecular formula is C7H8N2O4S3. The van der Waals surface area contributed by atoms with Crippen molar-refractivity contribution in [3.63, 3.8) is 0 Å². The molecule has 6 nitrogen and oxygen atoms in total. The molecule has 0 bridgehead atoms. The van der Waals surface area contributed by atoms with Gasteiger partial charge in [0, 0.05) is 11.0 Å². The molecule has 2 heterocycles. The zero-order valence-corrected chi connectivity index (χ0v) is 10.3. The van der Waals surface area contributed by atoms with Crippen molar-refractivity contribution >= 4 is 36.9 Å². The van der Waals surface area contributed by atoms with Gasteiger partial charge in [-0.3, -0.25) is 0 Å². The van der Waals surface area contributed by atoms with Crippen LogP contribution in [-0.4, -0.2) is 16.8 Å². The monoisotopic (exact) mass is 280 g/mol. The Morgan fingerprint density at radius 2 is 2.00 bits per heavy atom. The third-order valence-electron chi connectivity index (χ3n) is 2.09. The summed E-state index contributed by atoms with van der Waals surface area (Å²) >= 11 is 0.599. The van der Waals surface area contributed by atoms with Crippen LogP contribution in [0.15, 0.2) is 19.9 Å². The van der Waals surface area contributed by atoms with Crippen molar-refractivity contribution in [1.82, 2.24) is 0 Å². The van der Waals surface area contributed by atoms with Crippen molar-refractivity contribution < 1.29 is 16.8 Å². The fraction of sp³-hybridized carbons (Fsp3) is 0.143. The van der Waals surface area contributed by atoms with Crippen LogP contribution in [0.1, 0.15) is 5.56 Å². The van der Waals surface area contributed by atoms with Crippen LogP contribution in [-0.2, 0) is 26.3 Å². The van der Waals surface area contributed by atoms with E-state index in [-0.39, 0.29) is 14.1 Å². The van der Waals surface area contributed by atoms with Crippen molar-refractivity contribution in [3.8, 4) is 0 Å². The Kier molecular flexibility index (Phi) is 2.38. The van der Waals surface area contributed by atoms with Crippen LogP contribution < -0.4 is 10.9 Å². The van der Waals surface area contributed by atoms with Gasteiger partial charge < -0.3 is 5.73 Å². The SMILES string of the molecule is Nc1c(S(N)(=O)=O)sc2c1CC=CS2(=O)=O. The van der Waals surface area contributed by atoms with Crippen molar-refractivity contribution in [2.75, 3.05) is 5.73 Å². The molecule has 2 rings (SSSR count). The number of nitrogens with two attached hydrogens (primary N) is 2. The van der Waals surface area contributed by atoms with Gasteiger partial charge >= 0.3 is 0 Å². The van der Waals surface area contributed by atoms with Crippen LogP contribution in [0.25, 0.3) is 0 Å². The van der Waals surface area contributed by atoms with Crippen molar-refractivity contribution in [1.29, 1.82) is 0 Å². The Hall–Kier alpha value is -0.900. The van der Waals surface area contributed by atoms with E-state index in [0.717, 1.165) is 5.41 Å². The Bertz CT molecular complexity index is 681. The highest BCUT2D eigenvalue weighted by Gasteiger charge is 2.30. The molecule has 0 unspecified atom stereocenters. The van der Waals surface area contributed by atoms with Crippen LogP contribution in [0.2, 0.25) is 0 Å². The molecule has 16 heavy (non-hydrogen) atoms. The molecule has 0 aromatic carbocycles. The highest BCUT2D eigenvalue weighted by atomic mass is 32.3. The number of fused-ring (bicyclic) bond motifs is 1. The number of rotatable bonds is 1. The highest BCUT2D eigenvalue weighted by Crippen LogP contribution is 2.40. The summed E-state index contributed by atoms with van der Waals surface area (Å²) in [5.74, 6) is 0. The molecule has 0 radical (unpaired) electrons. The number of nitrogen functional groups attached to an aromatic ring is 1. The van der Waals surface area contributed by atoms with E-state index in [4.69, 9.17) is 10.9 Å². The zero-order valence-electron chi connectivity index (χ0n) is 7.87. The number of primary sulfonamides is 1. The molecule has 4 N–H and O–H groups in total. The van der Waals surface area contributed by atoms with Gasteiger partial charge in [0.25, 0.3) is 0 Å². The van der Waals surface area contributed by atoms with Crippen molar-refractivity contribution in [2.24, 2.45) is 5.14 Å². The van der Waals surface area contributed by atoms with E-state index < -0.39 is 19.9 Å². The van der Waals surface area contributed by atoms with Crippen LogP contribution in [0.5, 0.6) is 0 Å². The lowest BCUT2D eigenvalue weighted by atomic mass is 10.2. The largest absolute Gasteiger partial charge is 0.397 e. The highest BCUT2D eigenvalue weighted by molar-refractivity contribution is 7.97. The van der Waals surface area contributed by atoms with Gasteiger partial charge in [-0.1, -0.05) is 6.08 Å². The molecule has 88 valence electrons. The summed E-state index contributed by atoms with van der Waals surface area (Å²) in [5.41, 5.74) is 5.84. The fourth-order valence-electron chi connectivity index (χ4n) is 1.42. The number of sulfone groups is 1. The number of sulfonamides is 1. The lowest BCUT2D eigenvalue weighted by molar-refractivity contribution is 0.599. The molecule has 0 aliphatic carbocycles. The average Bonchev–Trinajstić information content (AvgIpc) is 2.44. The normalized spacial score (nSPS) is 18.3. The number of thiophene rings is 1. The molecule has 1 aliphatic rings. The molecule has 0 spiro atoms. The average molecular weight is 280 g/mol. The van der Waals surface area contributed by atoms with E-state index in [9.17, 15) is 16.8 Å². The van der Waals surface area contributed by atoms with E-state index >= 15 is 0 Å². The third-order valence-corrected chi connectivity index (χ3v) is 6.87. The minimum absolute atomic E-state index is 0.0310. The molecule has 0 amide bonds. The number of hydrogen-bond acceptors (Lipinski definition) is 6. The minimum Gasteiger partial charge on any atom is -0.397 e. The van der Waals surface area contributed by atoms with Gasteiger partial charge in [-0.15, -0.1) is 11.3 Å². The van der Waals surface area contributed by atoms with Crippen LogP contribution in [0.3, 0.4) is 0 Å². The van der Waals surface area contributed by atoms with Crippen LogP contribution >= 0.6 is 11.3 Å². The molecule has 1 aliphatic heterocycles. The standard InChI is InChI=1S/C7H8N2O4S3/c8-5-4-2-1-3-15(10,11)6(4)14-7(5)16(9,12)13/h1,3H,2,8H2,(H2,9,12,13). The predicted molar refractivity (Wildman–Crippen MR) is 60.1 cm³/mol. The maximum absolute atomic E-state index is 11.6. The summed E-state index contributed by atoms with van der Waals surface area (Å²) in [6.45, 7) is 0. The van der Waals surface area contributed by atoms with E-state index in [2.05, 4.69) is 0 Å². The Morgan fingerprint density at radius 3 is 2.50 bits per heavy atom. The van der Waals surface area contributed by atoms with Crippen LogP contribution in [0.4, 0.5) is 5.69 Å². The molecule has 9 heteroatoms. The van der Waals surface area contributed by atoms with Gasteiger partial charge in [0.1, 0.15) is 4.21 Å². The predicted octanol–water partition coefficient (Wildman–Crippen LogP) is -0.179. The first-order valence-corrected chi connectivity index (χ1v) is 8.00. The fourth-order valence-corrected chi connectivity index (χ4v) is 5.33. The summed E-state index contributed by atoms with van der Waals surface area (Å²) in [5, 5.41) is 5.99. The second-order valence-corrected chi connectivity index (χ2v) is 8.04. The molecule has 0 fully saturated rings. The lowest BCUT2D eigenvalue weighted by Crippen LogP contribution is -2.12. The minimum atomic E-state index is -3.98. The van der Waals surface area contributed by atoms with Gasteiger partial charge in [-0.2, -0.15) is 0 Å². The topological polar surface area (TPSA) is 120 Å². The summed E-state index contributed by atoms with van der Waals surface area (Å²) in [6.07, 6.45) is 1.72. The van der Waals surface area contributed by atoms with E-state index in [1.54, 1.807) is 0 Å². The second kappa shape index (κ2) is 3.29. The quantitative estimate of drug-likeness (QED) is 0.739. The Balaban J connectivity index is 2.82. The van der Waals surface area contributed by atoms with Gasteiger partial charge in [-0.05, 0) is 6.42 Å². The summed E-state index contributed by atoms with van der Waals surface area (Å²) in [6, 6.07) is 0. The van der Waals surface area contributed by atoms with E-state index in [0.29, 0.717) is 23.3 Å². The van der Waals surface area contributed by atoms with E-state index in [1.165, 1.54) is 6.08 Å². The summed E-state index contributed by atoms with van der Waals surface area (Å²) < 4.78 is 45.2. The maximum Gasteiger partial charge on any atom is 0.249 e. The van der Waals surface area contributed by atoms with Crippen molar-refractivity contribution in [2.45, 2.75) is 14.8 Å². The number of hydrogen-bond donors (Lipinski definition) is 2. The molecule has 1 aromatic rings. The number of allylic oxidation sites excluding steroid dienone is 1. The lowest BCUT2D eigenvalue weighted by Gasteiger charge is -2.05. The Morgan fingerprint density at radius 1 is 1.38 bits per heavy atom. The van der Waals surface area contributed by atoms with Crippen molar-refractivity contribution in [3.05, 3.63) is 17.0 Å². The molecule has 0 saturated heterocycles. The van der Waals surface area contributed by atoms with E-state index in [1.807, 2.05) is 0 Å². The first-order valence-electron chi connectivity index (χ1n) is 4.09. The molecule has 0 atom stereocenters. The van der Waals surface area contributed by atoms with Gasteiger partial charge in [-0.25, -0.2) is 22.0 Å². The van der Waals surface area contributed by atoms with Gasteiger partial charge in [0.05, 0.1) is 5.69 Å². The maximum atomic E-state index is 11.6. The van der Waals surface area contributed by atoms with Crippen LogP contribution in [0, 0.1) is 0 Å². The molecule has 0 saturated carbocycles. The zero-order chi connectivity index (χ0) is 12.1. The molecule has 1 aromatic heterocycles. The van der Waals surface area contributed by atoms with Gasteiger partial charge in [0.15, 0.2) is 4.21 Å². The first kappa shape index (κ1) is 11.6. The van der Waals surface area contributed by atoms with Gasteiger partial charge in [0.2, 0.25) is 19.9 Å². The summed E-state index contributed by atoms with van der Waals surface area (Å²) in [4.78, 5) is 0. The second-order valence-electron chi connectivity index (χ2n) is 3.24. The number of anilines is 1. The first-order chi connectivity index (χ1) is 7.23. The smallest absolute Gasteiger partial charge is 0.249 e. The molecular weight excluding hydrogens is 272 g/mol.